The Kier molecular flexibility index (Phi) is 8.59. The third-order valence-corrected chi connectivity index (χ3v) is 8.97. The van der Waals surface area contributed by atoms with Gasteiger partial charge in [0.1, 0.15) is 5.54 Å². The van der Waals surface area contributed by atoms with E-state index < -0.39 is 11.1 Å². The molecule has 1 aromatic rings. The number of hydrogen-bond acceptors (Lipinski definition) is 6. The van der Waals surface area contributed by atoms with Gasteiger partial charge in [-0.05, 0) is 66.8 Å². The van der Waals surface area contributed by atoms with Crippen molar-refractivity contribution in [3.63, 3.8) is 0 Å². The minimum Gasteiger partial charge on any atom is -0.403 e. The van der Waals surface area contributed by atoms with Crippen LogP contribution in [0, 0.1) is 5.92 Å². The number of nitrogens with one attached hydrogen (secondary N) is 2. The van der Waals surface area contributed by atoms with E-state index in [1.54, 1.807) is 0 Å². The summed E-state index contributed by atoms with van der Waals surface area (Å²) in [5.41, 5.74) is -0.827. The van der Waals surface area contributed by atoms with Crippen LogP contribution < -0.4 is 10.6 Å². The maximum Gasteiger partial charge on any atom is 0.457 e. The van der Waals surface area contributed by atoms with Crippen molar-refractivity contribution in [2.75, 3.05) is 26.2 Å². The lowest BCUT2D eigenvalue weighted by molar-refractivity contribution is -0.135. The van der Waals surface area contributed by atoms with Crippen LogP contribution in [0.15, 0.2) is 30.3 Å². The molecule has 0 aromatic heterocycles. The molecule has 0 saturated carbocycles. The molecule has 0 spiro atoms. The molecule has 3 fully saturated rings. The first-order chi connectivity index (χ1) is 18.1. The molecule has 216 valence electrons. The lowest BCUT2D eigenvalue weighted by atomic mass is 9.74. The van der Waals surface area contributed by atoms with Gasteiger partial charge < -0.3 is 19.9 Å². The second-order valence-corrected chi connectivity index (χ2v) is 13.8. The van der Waals surface area contributed by atoms with E-state index in [0.717, 1.165) is 45.3 Å². The largest absolute Gasteiger partial charge is 0.457 e. The molecule has 0 radical (unpaired) electrons. The number of benzene rings is 1. The summed E-state index contributed by atoms with van der Waals surface area (Å²) in [6, 6.07) is 10.7. The van der Waals surface area contributed by atoms with Crippen molar-refractivity contribution in [2.45, 2.75) is 109 Å². The number of piperazine rings is 1. The molecule has 8 nitrogen and oxygen atoms in total. The highest BCUT2D eigenvalue weighted by atomic mass is 16.7. The Morgan fingerprint density at radius 2 is 1.69 bits per heavy atom. The van der Waals surface area contributed by atoms with Gasteiger partial charge in [-0.3, -0.25) is 19.4 Å². The number of fused-ring (bicyclic) bond motifs is 1. The molecule has 2 unspecified atom stereocenters. The Morgan fingerprint density at radius 3 is 2.28 bits per heavy atom. The Labute approximate surface area is 235 Å². The van der Waals surface area contributed by atoms with Crippen molar-refractivity contribution in [1.29, 1.82) is 0 Å². The summed E-state index contributed by atoms with van der Waals surface area (Å²) in [7, 11) is -0.271. The Hall–Kier alpha value is -1.94. The van der Waals surface area contributed by atoms with Crippen LogP contribution in [-0.2, 0) is 25.4 Å². The summed E-state index contributed by atoms with van der Waals surface area (Å²) >= 11 is 0. The summed E-state index contributed by atoms with van der Waals surface area (Å²) in [5.74, 6) is -0.296. The van der Waals surface area contributed by atoms with Crippen molar-refractivity contribution < 1.29 is 18.9 Å². The van der Waals surface area contributed by atoms with Crippen LogP contribution in [0.25, 0.3) is 0 Å². The molecule has 0 aliphatic carbocycles. The van der Waals surface area contributed by atoms with Crippen molar-refractivity contribution in [3.05, 3.63) is 35.9 Å². The second-order valence-electron chi connectivity index (χ2n) is 13.8. The normalized spacial score (nSPS) is 28.8. The number of rotatable bonds is 8. The van der Waals surface area contributed by atoms with Crippen molar-refractivity contribution >= 4 is 18.9 Å². The fourth-order valence-corrected chi connectivity index (χ4v) is 6.46. The minimum atomic E-state index is -0.984. The fraction of sp³-hybridized carbons (Fsp3) is 0.733. The second kappa shape index (κ2) is 11.1. The average molecular weight is 541 g/mol. The number of carbonyl (C=O) groups excluding carboxylic acids is 2. The molecule has 3 heterocycles. The third-order valence-electron chi connectivity index (χ3n) is 8.97. The molecule has 4 rings (SSSR count). The van der Waals surface area contributed by atoms with Gasteiger partial charge in [-0.15, -0.1) is 0 Å². The first kappa shape index (κ1) is 30.0. The van der Waals surface area contributed by atoms with Gasteiger partial charge in [-0.25, -0.2) is 0 Å². The molecule has 3 atom stereocenters. The molecule has 39 heavy (non-hydrogen) atoms. The maximum absolute atomic E-state index is 14.0. The highest BCUT2D eigenvalue weighted by molar-refractivity contribution is 6.45. The first-order valence-electron chi connectivity index (χ1n) is 14.6. The third kappa shape index (κ3) is 6.69. The van der Waals surface area contributed by atoms with Gasteiger partial charge in [0.25, 0.3) is 0 Å². The van der Waals surface area contributed by atoms with Crippen LogP contribution in [0.1, 0.15) is 73.8 Å². The van der Waals surface area contributed by atoms with E-state index in [-0.39, 0.29) is 42.1 Å². The fourth-order valence-electron chi connectivity index (χ4n) is 6.46. The predicted molar refractivity (Wildman–Crippen MR) is 155 cm³/mol. The Balaban J connectivity index is 1.56. The topological polar surface area (TPSA) is 83.1 Å². The van der Waals surface area contributed by atoms with E-state index in [0.29, 0.717) is 6.54 Å². The lowest BCUT2D eigenvalue weighted by Gasteiger charge is -2.40. The highest BCUT2D eigenvalue weighted by Crippen LogP contribution is 2.42. The van der Waals surface area contributed by atoms with Crippen LogP contribution in [0.5, 0.6) is 0 Å². The monoisotopic (exact) mass is 540 g/mol. The van der Waals surface area contributed by atoms with Crippen LogP contribution >= 0.6 is 0 Å². The molecule has 0 bridgehead atoms. The summed E-state index contributed by atoms with van der Waals surface area (Å²) in [4.78, 5) is 31.5. The molecule has 2 amide bonds. The highest BCUT2D eigenvalue weighted by Gasteiger charge is 2.59. The van der Waals surface area contributed by atoms with Gasteiger partial charge in [-0.1, -0.05) is 36.8 Å². The predicted octanol–water partition coefficient (Wildman–Crippen LogP) is 3.46. The van der Waals surface area contributed by atoms with Gasteiger partial charge in [0.15, 0.2) is 0 Å². The number of hydrogen-bond donors (Lipinski definition) is 2. The number of amides is 2. The van der Waals surface area contributed by atoms with E-state index in [1.165, 1.54) is 12.5 Å². The summed E-state index contributed by atoms with van der Waals surface area (Å²) in [6.07, 6.45) is 2.39. The van der Waals surface area contributed by atoms with Crippen LogP contribution in [0.3, 0.4) is 0 Å². The van der Waals surface area contributed by atoms with E-state index in [9.17, 15) is 9.59 Å². The standard InChI is InChI=1S/C30H49BN4O4/c1-22(36)32-30(26(37)33-27(2,3)4)21-35-18-17-34(19-23-13-10-9-11-14-23)20-25(35)24(30)15-12-16-31-38-28(5,6)29(7,8)39-31/h9-11,13-14,24-25H,12,15-21H2,1-8H3,(H,32,36)(H,33,37)/t24?,25-,30?/m0/s1. The quantitative estimate of drug-likeness (QED) is 0.492. The van der Waals surface area contributed by atoms with Gasteiger partial charge in [-0.2, -0.15) is 0 Å². The van der Waals surface area contributed by atoms with E-state index in [1.807, 2.05) is 26.8 Å². The zero-order chi connectivity index (χ0) is 28.6. The van der Waals surface area contributed by atoms with Crippen molar-refractivity contribution in [2.24, 2.45) is 5.92 Å². The minimum absolute atomic E-state index is 0.0373. The molecule has 3 aliphatic heterocycles. The summed E-state index contributed by atoms with van der Waals surface area (Å²) in [5, 5.41) is 6.39. The average Bonchev–Trinajstić information content (AvgIpc) is 3.22. The van der Waals surface area contributed by atoms with Gasteiger partial charge in [0, 0.05) is 57.1 Å². The van der Waals surface area contributed by atoms with E-state index in [4.69, 9.17) is 9.31 Å². The molecule has 9 heteroatoms. The first-order valence-corrected chi connectivity index (χ1v) is 14.6. The molecule has 3 aliphatic rings. The van der Waals surface area contributed by atoms with E-state index in [2.05, 4.69) is 72.4 Å². The molecular weight excluding hydrogens is 491 g/mol. The molecule has 2 N–H and O–H groups in total. The zero-order valence-corrected chi connectivity index (χ0v) is 25.3. The van der Waals surface area contributed by atoms with Gasteiger partial charge in [0.2, 0.25) is 11.8 Å². The van der Waals surface area contributed by atoms with Crippen molar-refractivity contribution in [3.8, 4) is 0 Å². The zero-order valence-electron chi connectivity index (χ0n) is 25.3. The van der Waals surface area contributed by atoms with Gasteiger partial charge in [0.05, 0.1) is 11.2 Å². The smallest absolute Gasteiger partial charge is 0.403 e. The van der Waals surface area contributed by atoms with Gasteiger partial charge >= 0.3 is 7.12 Å². The molecule has 3 saturated heterocycles. The molecular formula is C30H49BN4O4. The SMILES string of the molecule is CC(=O)NC1(C(=O)NC(C)(C)C)CN2CCN(Cc3ccccc3)C[C@H]2C1CCCB1OC(C)(C)C(C)(C)O1. The Bertz CT molecular complexity index is 1010. The van der Waals surface area contributed by atoms with Crippen LogP contribution in [0.4, 0.5) is 0 Å². The molecule has 1 aromatic carbocycles. The lowest BCUT2D eigenvalue weighted by Crippen LogP contribution is -2.66. The summed E-state index contributed by atoms with van der Waals surface area (Å²) < 4.78 is 12.5. The van der Waals surface area contributed by atoms with Crippen LogP contribution in [0.2, 0.25) is 6.32 Å². The maximum atomic E-state index is 14.0. The number of nitrogens with zero attached hydrogens (tertiary/aromatic N) is 2. The summed E-state index contributed by atoms with van der Waals surface area (Å²) in [6.45, 7) is 19.9. The van der Waals surface area contributed by atoms with Crippen LogP contribution in [-0.4, -0.2) is 83.2 Å². The van der Waals surface area contributed by atoms with E-state index >= 15 is 0 Å². The number of carbonyl (C=O) groups is 2. The van der Waals surface area contributed by atoms with Crippen molar-refractivity contribution in [1.82, 2.24) is 20.4 Å². The Morgan fingerprint density at radius 1 is 1.05 bits per heavy atom.